The Hall–Kier alpha value is -0.840. The number of aromatic amines is 1. The molecule has 0 aliphatic carbocycles. The van der Waals surface area contributed by atoms with Crippen molar-refractivity contribution < 1.29 is 4.79 Å². The predicted octanol–water partition coefficient (Wildman–Crippen LogP) is 0.910. The molecule has 1 aromatic heterocycles. The lowest BCUT2D eigenvalue weighted by Crippen LogP contribution is -2.23. The van der Waals surface area contributed by atoms with E-state index in [0.717, 1.165) is 12.2 Å². The van der Waals surface area contributed by atoms with Crippen LogP contribution in [0.5, 0.6) is 0 Å². The van der Waals surface area contributed by atoms with Gasteiger partial charge < -0.3 is 4.90 Å². The molecule has 5 heteroatoms. The van der Waals surface area contributed by atoms with Crippen LogP contribution in [0.4, 0.5) is 5.69 Å². The molecule has 1 aliphatic rings. The lowest BCUT2D eigenvalue weighted by atomic mass is 10.4. The Morgan fingerprint density at radius 3 is 3.08 bits per heavy atom. The van der Waals surface area contributed by atoms with Gasteiger partial charge in [0.05, 0.1) is 11.9 Å². The average molecular weight is 230 g/mol. The first-order valence-electron chi connectivity index (χ1n) is 3.70. The van der Waals surface area contributed by atoms with Crippen molar-refractivity contribution in [2.75, 3.05) is 11.4 Å². The highest BCUT2D eigenvalue weighted by atomic mass is 79.9. The molecule has 0 aromatic carbocycles. The third-order valence-corrected chi connectivity index (χ3v) is 2.49. The summed E-state index contributed by atoms with van der Waals surface area (Å²) in [6.07, 6.45) is 3.96. The van der Waals surface area contributed by atoms with E-state index in [1.54, 1.807) is 17.3 Å². The summed E-state index contributed by atoms with van der Waals surface area (Å²) in [5.41, 5.74) is 0.849. The molecule has 12 heavy (non-hydrogen) atoms. The third-order valence-electron chi connectivity index (χ3n) is 1.87. The summed E-state index contributed by atoms with van der Waals surface area (Å²) < 4.78 is 0. The SMILES string of the molecule is O=C1CC(Br)CN1c1cn[nH]c1. The highest BCUT2D eigenvalue weighted by Gasteiger charge is 2.28. The third kappa shape index (κ3) is 1.24. The van der Waals surface area contributed by atoms with E-state index in [-0.39, 0.29) is 10.7 Å². The summed E-state index contributed by atoms with van der Waals surface area (Å²) in [5.74, 6) is 0.151. The van der Waals surface area contributed by atoms with Crippen LogP contribution in [0.25, 0.3) is 0 Å². The molecule has 64 valence electrons. The number of H-pyrrole nitrogens is 1. The summed E-state index contributed by atoms with van der Waals surface area (Å²) in [6.45, 7) is 0.734. The molecular weight excluding hydrogens is 222 g/mol. The average Bonchev–Trinajstić information content (AvgIpc) is 2.58. The first-order valence-corrected chi connectivity index (χ1v) is 4.62. The van der Waals surface area contributed by atoms with Gasteiger partial charge in [-0.05, 0) is 0 Å². The molecule has 1 aliphatic heterocycles. The van der Waals surface area contributed by atoms with Crippen molar-refractivity contribution in [2.24, 2.45) is 0 Å². The highest BCUT2D eigenvalue weighted by Crippen LogP contribution is 2.23. The van der Waals surface area contributed by atoms with E-state index in [9.17, 15) is 4.79 Å². The number of aromatic nitrogens is 2. The van der Waals surface area contributed by atoms with Crippen LogP contribution in [0, 0.1) is 0 Å². The highest BCUT2D eigenvalue weighted by molar-refractivity contribution is 9.09. The van der Waals surface area contributed by atoms with Gasteiger partial charge in [0, 0.05) is 24.0 Å². The van der Waals surface area contributed by atoms with E-state index >= 15 is 0 Å². The van der Waals surface area contributed by atoms with Crippen LogP contribution < -0.4 is 4.90 Å². The fourth-order valence-corrected chi connectivity index (χ4v) is 1.87. The Morgan fingerprint density at radius 2 is 2.58 bits per heavy atom. The Bertz CT molecular complexity index is 285. The molecule has 0 bridgehead atoms. The summed E-state index contributed by atoms with van der Waals surface area (Å²) >= 11 is 3.41. The normalized spacial score (nSPS) is 23.6. The zero-order chi connectivity index (χ0) is 8.55. The van der Waals surface area contributed by atoms with E-state index in [1.807, 2.05) is 0 Å². The molecule has 1 N–H and O–H groups in total. The van der Waals surface area contributed by atoms with Crippen LogP contribution in [0.2, 0.25) is 0 Å². The van der Waals surface area contributed by atoms with Gasteiger partial charge in [-0.1, -0.05) is 15.9 Å². The van der Waals surface area contributed by atoms with Gasteiger partial charge in [-0.2, -0.15) is 5.10 Å². The summed E-state index contributed by atoms with van der Waals surface area (Å²) in [5, 5.41) is 6.47. The summed E-state index contributed by atoms with van der Waals surface area (Å²) in [6, 6.07) is 0. The summed E-state index contributed by atoms with van der Waals surface area (Å²) in [4.78, 5) is 13.3. The van der Waals surface area contributed by atoms with Crippen molar-refractivity contribution in [1.82, 2.24) is 10.2 Å². The molecule has 1 amide bonds. The van der Waals surface area contributed by atoms with Crippen molar-refractivity contribution in [2.45, 2.75) is 11.2 Å². The minimum absolute atomic E-state index is 0.151. The molecule has 0 saturated carbocycles. The molecule has 1 unspecified atom stereocenters. The van der Waals surface area contributed by atoms with E-state index in [4.69, 9.17) is 0 Å². The van der Waals surface area contributed by atoms with Gasteiger partial charge in [0.1, 0.15) is 0 Å². The number of nitrogens with one attached hydrogen (secondary N) is 1. The van der Waals surface area contributed by atoms with E-state index in [2.05, 4.69) is 26.1 Å². The zero-order valence-corrected chi connectivity index (χ0v) is 7.91. The van der Waals surface area contributed by atoms with E-state index in [1.165, 1.54) is 0 Å². The number of anilines is 1. The van der Waals surface area contributed by atoms with Crippen LogP contribution >= 0.6 is 15.9 Å². The first kappa shape index (κ1) is 7.79. The van der Waals surface area contributed by atoms with Crippen LogP contribution in [0.3, 0.4) is 0 Å². The van der Waals surface area contributed by atoms with Crippen LogP contribution in [0.1, 0.15) is 6.42 Å². The molecule has 1 saturated heterocycles. The van der Waals surface area contributed by atoms with Crippen molar-refractivity contribution in [3.05, 3.63) is 12.4 Å². The monoisotopic (exact) mass is 229 g/mol. The Balaban J connectivity index is 2.21. The van der Waals surface area contributed by atoms with Crippen molar-refractivity contribution >= 4 is 27.5 Å². The smallest absolute Gasteiger partial charge is 0.228 e. The van der Waals surface area contributed by atoms with Gasteiger partial charge in [0.2, 0.25) is 5.91 Å². The maximum atomic E-state index is 11.3. The minimum atomic E-state index is 0.151. The number of hydrogen-bond acceptors (Lipinski definition) is 2. The van der Waals surface area contributed by atoms with Gasteiger partial charge >= 0.3 is 0 Å². The summed E-state index contributed by atoms with van der Waals surface area (Å²) in [7, 11) is 0. The fourth-order valence-electron chi connectivity index (χ4n) is 1.31. The van der Waals surface area contributed by atoms with Gasteiger partial charge in [-0.3, -0.25) is 9.89 Å². The fraction of sp³-hybridized carbons (Fsp3) is 0.429. The molecule has 2 rings (SSSR count). The van der Waals surface area contributed by atoms with Crippen LogP contribution in [-0.4, -0.2) is 27.5 Å². The predicted molar refractivity (Wildman–Crippen MR) is 48.3 cm³/mol. The molecule has 0 radical (unpaired) electrons. The topological polar surface area (TPSA) is 49.0 Å². The van der Waals surface area contributed by atoms with Crippen molar-refractivity contribution in [1.29, 1.82) is 0 Å². The number of rotatable bonds is 1. The molecule has 1 fully saturated rings. The van der Waals surface area contributed by atoms with Crippen molar-refractivity contribution in [3.8, 4) is 0 Å². The van der Waals surface area contributed by atoms with Crippen LogP contribution in [-0.2, 0) is 4.79 Å². The molecule has 2 heterocycles. The largest absolute Gasteiger partial charge is 0.308 e. The van der Waals surface area contributed by atoms with Gasteiger partial charge in [0.15, 0.2) is 0 Å². The molecule has 1 aromatic rings. The maximum absolute atomic E-state index is 11.3. The quantitative estimate of drug-likeness (QED) is 0.729. The Morgan fingerprint density at radius 1 is 1.75 bits per heavy atom. The number of nitrogens with zero attached hydrogens (tertiary/aromatic N) is 2. The molecular formula is C7H8BrN3O. The van der Waals surface area contributed by atoms with E-state index in [0.29, 0.717) is 6.42 Å². The van der Waals surface area contributed by atoms with E-state index < -0.39 is 0 Å². The Labute approximate surface area is 78.1 Å². The first-order chi connectivity index (χ1) is 5.77. The van der Waals surface area contributed by atoms with Gasteiger partial charge in [-0.25, -0.2) is 0 Å². The standard InChI is InChI=1S/C7H8BrN3O/c8-5-1-7(12)11(4-5)6-2-9-10-3-6/h2-3,5H,1,4H2,(H,9,10). The minimum Gasteiger partial charge on any atom is -0.308 e. The number of alkyl halides is 1. The van der Waals surface area contributed by atoms with Crippen LogP contribution in [0.15, 0.2) is 12.4 Å². The number of carbonyl (C=O) groups excluding carboxylic acids is 1. The number of carbonyl (C=O) groups is 1. The van der Waals surface area contributed by atoms with Gasteiger partial charge in [-0.15, -0.1) is 0 Å². The number of halogens is 1. The second-order valence-corrected chi connectivity index (χ2v) is 4.06. The number of amides is 1. The molecule has 1 atom stereocenters. The Kier molecular flexibility index (Phi) is 1.88. The lowest BCUT2D eigenvalue weighted by molar-refractivity contribution is -0.117. The molecule has 0 spiro atoms. The van der Waals surface area contributed by atoms with Crippen molar-refractivity contribution in [3.63, 3.8) is 0 Å². The second kappa shape index (κ2) is 2.90. The van der Waals surface area contributed by atoms with Gasteiger partial charge in [0.25, 0.3) is 0 Å². The number of hydrogen-bond donors (Lipinski definition) is 1. The molecule has 4 nitrogen and oxygen atoms in total. The maximum Gasteiger partial charge on any atom is 0.228 e. The second-order valence-electron chi connectivity index (χ2n) is 2.76. The lowest BCUT2D eigenvalue weighted by Gasteiger charge is -2.11. The zero-order valence-electron chi connectivity index (χ0n) is 6.33.